The van der Waals surface area contributed by atoms with Gasteiger partial charge in [0.05, 0.1) is 5.69 Å². The number of rotatable bonds is 3. The van der Waals surface area contributed by atoms with Gasteiger partial charge < -0.3 is 5.73 Å². The van der Waals surface area contributed by atoms with Crippen molar-refractivity contribution >= 4 is 5.82 Å². The molecule has 0 bridgehead atoms. The normalized spacial score (nSPS) is 17.8. The van der Waals surface area contributed by atoms with Crippen LogP contribution in [-0.4, -0.2) is 15.0 Å². The Morgan fingerprint density at radius 2 is 2.07 bits per heavy atom. The van der Waals surface area contributed by atoms with Crippen molar-refractivity contribution in [3.05, 3.63) is 5.69 Å². The minimum Gasteiger partial charge on any atom is -0.381 e. The monoisotopic (exact) mass is 208 g/mol. The van der Waals surface area contributed by atoms with Gasteiger partial charge in [0.25, 0.3) is 0 Å². The molecule has 2 rings (SSSR count). The number of nitrogens with two attached hydrogens (primary N) is 1. The molecular formula is C11H20N4. The molecule has 0 aliphatic heterocycles. The second kappa shape index (κ2) is 4.21. The van der Waals surface area contributed by atoms with Gasteiger partial charge in [0.15, 0.2) is 5.82 Å². The number of hydrogen-bond donors (Lipinski definition) is 1. The Hall–Kier alpha value is -1.06. The van der Waals surface area contributed by atoms with Gasteiger partial charge in [-0.05, 0) is 24.7 Å². The van der Waals surface area contributed by atoms with Gasteiger partial charge in [-0.25, -0.2) is 4.68 Å². The largest absolute Gasteiger partial charge is 0.381 e. The number of aromatic nitrogens is 3. The maximum Gasteiger partial charge on any atom is 0.169 e. The summed E-state index contributed by atoms with van der Waals surface area (Å²) in [6, 6.07) is 0. The van der Waals surface area contributed by atoms with Gasteiger partial charge in [-0.1, -0.05) is 31.9 Å². The van der Waals surface area contributed by atoms with Crippen LogP contribution in [0.1, 0.15) is 51.1 Å². The van der Waals surface area contributed by atoms with Crippen LogP contribution in [0.25, 0.3) is 0 Å². The van der Waals surface area contributed by atoms with Crippen molar-refractivity contribution in [1.29, 1.82) is 0 Å². The highest BCUT2D eigenvalue weighted by Gasteiger charge is 2.20. The first-order valence-electron chi connectivity index (χ1n) is 5.87. The molecule has 1 aliphatic rings. The number of hydrogen-bond acceptors (Lipinski definition) is 3. The van der Waals surface area contributed by atoms with E-state index in [1.807, 2.05) is 4.68 Å². The summed E-state index contributed by atoms with van der Waals surface area (Å²) in [5, 5.41) is 8.11. The summed E-state index contributed by atoms with van der Waals surface area (Å²) in [5.74, 6) is 1.79. The van der Waals surface area contributed by atoms with Crippen molar-refractivity contribution in [2.75, 3.05) is 5.73 Å². The lowest BCUT2D eigenvalue weighted by Crippen LogP contribution is -2.13. The Kier molecular flexibility index (Phi) is 2.93. The van der Waals surface area contributed by atoms with Crippen LogP contribution < -0.4 is 5.73 Å². The van der Waals surface area contributed by atoms with Crippen molar-refractivity contribution in [1.82, 2.24) is 15.0 Å². The maximum absolute atomic E-state index is 5.82. The molecule has 0 unspecified atom stereocenters. The Bertz CT molecular complexity index is 323. The fourth-order valence-electron chi connectivity index (χ4n) is 2.50. The molecule has 84 valence electrons. The van der Waals surface area contributed by atoms with Gasteiger partial charge >= 0.3 is 0 Å². The molecule has 1 fully saturated rings. The highest BCUT2D eigenvalue weighted by atomic mass is 15.4. The van der Waals surface area contributed by atoms with E-state index >= 15 is 0 Å². The first kappa shape index (κ1) is 10.5. The Morgan fingerprint density at radius 3 is 2.67 bits per heavy atom. The van der Waals surface area contributed by atoms with Crippen molar-refractivity contribution in [3.63, 3.8) is 0 Å². The highest BCUT2D eigenvalue weighted by molar-refractivity contribution is 5.35. The summed E-state index contributed by atoms with van der Waals surface area (Å²) in [4.78, 5) is 0. The van der Waals surface area contributed by atoms with Gasteiger partial charge in [0.2, 0.25) is 0 Å². The van der Waals surface area contributed by atoms with Crippen LogP contribution in [0.2, 0.25) is 0 Å². The quantitative estimate of drug-likeness (QED) is 0.828. The van der Waals surface area contributed by atoms with E-state index in [1.165, 1.54) is 25.7 Å². The molecule has 1 aromatic heterocycles. The number of anilines is 1. The van der Waals surface area contributed by atoms with E-state index in [0.29, 0.717) is 11.7 Å². The smallest absolute Gasteiger partial charge is 0.169 e. The molecule has 1 aromatic rings. The maximum atomic E-state index is 5.82. The molecule has 0 radical (unpaired) electrons. The van der Waals surface area contributed by atoms with Crippen LogP contribution in [0.4, 0.5) is 5.82 Å². The third-order valence-electron chi connectivity index (χ3n) is 3.25. The van der Waals surface area contributed by atoms with Gasteiger partial charge in [-0.3, -0.25) is 0 Å². The second-order valence-corrected chi connectivity index (χ2v) is 4.85. The topological polar surface area (TPSA) is 56.7 Å². The lowest BCUT2D eigenvalue weighted by atomic mass is 10.1. The molecule has 0 amide bonds. The summed E-state index contributed by atoms with van der Waals surface area (Å²) in [6.07, 6.45) is 5.40. The summed E-state index contributed by atoms with van der Waals surface area (Å²) >= 11 is 0. The van der Waals surface area contributed by atoms with Crippen LogP contribution in [0.5, 0.6) is 0 Å². The molecule has 0 atom stereocenters. The summed E-state index contributed by atoms with van der Waals surface area (Å²) in [5.41, 5.74) is 6.92. The number of nitrogens with zero attached hydrogens (tertiary/aromatic N) is 3. The van der Waals surface area contributed by atoms with E-state index in [9.17, 15) is 0 Å². The lowest BCUT2D eigenvalue weighted by molar-refractivity contribution is 0.408. The van der Waals surface area contributed by atoms with Gasteiger partial charge in [0.1, 0.15) is 0 Å². The average Bonchev–Trinajstić information content (AvgIpc) is 2.76. The van der Waals surface area contributed by atoms with Crippen LogP contribution in [0, 0.1) is 5.92 Å². The third-order valence-corrected chi connectivity index (χ3v) is 3.25. The summed E-state index contributed by atoms with van der Waals surface area (Å²) < 4.78 is 2.01. The first-order chi connectivity index (χ1) is 7.18. The summed E-state index contributed by atoms with van der Waals surface area (Å²) in [6.45, 7) is 5.28. The predicted octanol–water partition coefficient (Wildman–Crippen LogP) is 2.17. The van der Waals surface area contributed by atoms with E-state index in [0.717, 1.165) is 18.2 Å². The number of nitrogen functional groups attached to an aromatic ring is 1. The SMILES string of the molecule is CC(C)c1c(N)nnn1CC1CCCC1. The minimum absolute atomic E-state index is 0.404. The zero-order valence-corrected chi connectivity index (χ0v) is 9.61. The van der Waals surface area contributed by atoms with Crippen molar-refractivity contribution in [2.45, 2.75) is 52.0 Å². The van der Waals surface area contributed by atoms with Gasteiger partial charge in [0, 0.05) is 6.54 Å². The standard InChI is InChI=1S/C11H20N4/c1-8(2)10-11(12)13-14-15(10)7-9-5-3-4-6-9/h8-9H,3-7,12H2,1-2H3. The molecule has 1 saturated carbocycles. The zero-order chi connectivity index (χ0) is 10.8. The molecule has 0 spiro atoms. The molecule has 1 heterocycles. The van der Waals surface area contributed by atoms with Crippen molar-refractivity contribution in [2.24, 2.45) is 5.92 Å². The fraction of sp³-hybridized carbons (Fsp3) is 0.818. The van der Waals surface area contributed by atoms with E-state index in [2.05, 4.69) is 24.2 Å². The van der Waals surface area contributed by atoms with Crippen LogP contribution in [0.3, 0.4) is 0 Å². The molecule has 4 heteroatoms. The Balaban J connectivity index is 2.13. The minimum atomic E-state index is 0.404. The molecule has 1 aliphatic carbocycles. The van der Waals surface area contributed by atoms with Gasteiger partial charge in [-0.15, -0.1) is 5.10 Å². The highest BCUT2D eigenvalue weighted by Crippen LogP contribution is 2.28. The van der Waals surface area contributed by atoms with E-state index in [-0.39, 0.29) is 0 Å². The summed E-state index contributed by atoms with van der Waals surface area (Å²) in [7, 11) is 0. The van der Waals surface area contributed by atoms with E-state index in [1.54, 1.807) is 0 Å². The first-order valence-corrected chi connectivity index (χ1v) is 5.87. The predicted molar refractivity (Wildman–Crippen MR) is 60.5 cm³/mol. The van der Waals surface area contributed by atoms with E-state index < -0.39 is 0 Å². The molecular weight excluding hydrogens is 188 g/mol. The molecule has 15 heavy (non-hydrogen) atoms. The molecule has 0 aromatic carbocycles. The van der Waals surface area contributed by atoms with E-state index in [4.69, 9.17) is 5.73 Å². The van der Waals surface area contributed by atoms with Crippen LogP contribution >= 0.6 is 0 Å². The Labute approximate surface area is 90.8 Å². The van der Waals surface area contributed by atoms with Crippen LogP contribution in [-0.2, 0) is 6.54 Å². The fourth-order valence-corrected chi connectivity index (χ4v) is 2.50. The lowest BCUT2D eigenvalue weighted by Gasteiger charge is -2.13. The average molecular weight is 208 g/mol. The molecule has 0 saturated heterocycles. The molecule has 2 N–H and O–H groups in total. The van der Waals surface area contributed by atoms with Crippen molar-refractivity contribution in [3.8, 4) is 0 Å². The molecule has 4 nitrogen and oxygen atoms in total. The zero-order valence-electron chi connectivity index (χ0n) is 9.61. The third kappa shape index (κ3) is 2.13. The van der Waals surface area contributed by atoms with Crippen molar-refractivity contribution < 1.29 is 0 Å². The second-order valence-electron chi connectivity index (χ2n) is 4.85. The Morgan fingerprint density at radius 1 is 1.40 bits per heavy atom. The van der Waals surface area contributed by atoms with Crippen LogP contribution in [0.15, 0.2) is 0 Å². The van der Waals surface area contributed by atoms with Gasteiger partial charge in [-0.2, -0.15) is 0 Å².